The largest absolute Gasteiger partial charge is 0.243 e. The molecule has 1 aliphatic carbocycles. The van der Waals surface area contributed by atoms with Gasteiger partial charge >= 0.3 is 0 Å². The zero-order valence-corrected chi connectivity index (χ0v) is 12.2. The van der Waals surface area contributed by atoms with Crippen LogP contribution in [-0.2, 0) is 10.0 Å². The van der Waals surface area contributed by atoms with E-state index >= 15 is 0 Å². The molecule has 19 heavy (non-hydrogen) atoms. The average molecular weight is 285 g/mol. The van der Waals surface area contributed by atoms with Crippen LogP contribution >= 0.6 is 0 Å². The molecule has 0 aromatic heterocycles. The van der Waals surface area contributed by atoms with Crippen molar-refractivity contribution >= 4 is 10.0 Å². The quantitative estimate of drug-likeness (QED) is 0.856. The second-order valence-electron chi connectivity index (χ2n) is 5.22. The Morgan fingerprint density at radius 2 is 1.84 bits per heavy atom. The summed E-state index contributed by atoms with van der Waals surface area (Å²) in [5.74, 6) is -0.376. The summed E-state index contributed by atoms with van der Waals surface area (Å²) in [6.07, 6.45) is 5.16. The molecule has 0 amide bonds. The Morgan fingerprint density at radius 3 is 2.42 bits per heavy atom. The van der Waals surface area contributed by atoms with Crippen LogP contribution in [0.1, 0.15) is 37.7 Å². The van der Waals surface area contributed by atoms with Gasteiger partial charge in [0.05, 0.1) is 4.90 Å². The van der Waals surface area contributed by atoms with Gasteiger partial charge in [0, 0.05) is 13.1 Å². The summed E-state index contributed by atoms with van der Waals surface area (Å²) in [7, 11) is -1.88. The average Bonchev–Trinajstić information content (AvgIpc) is 2.41. The van der Waals surface area contributed by atoms with E-state index < -0.39 is 10.0 Å². The number of hydrogen-bond donors (Lipinski definition) is 0. The minimum absolute atomic E-state index is 0.0732. The number of hydrogen-bond acceptors (Lipinski definition) is 2. The number of benzene rings is 1. The highest BCUT2D eigenvalue weighted by molar-refractivity contribution is 7.89. The lowest BCUT2D eigenvalue weighted by Crippen LogP contribution is -2.38. The molecule has 5 heteroatoms. The van der Waals surface area contributed by atoms with Crippen molar-refractivity contribution in [3.63, 3.8) is 0 Å². The number of rotatable bonds is 3. The number of halogens is 1. The van der Waals surface area contributed by atoms with Crippen LogP contribution in [-0.4, -0.2) is 25.8 Å². The van der Waals surface area contributed by atoms with Crippen LogP contribution in [0.3, 0.4) is 0 Å². The summed E-state index contributed by atoms with van der Waals surface area (Å²) in [5, 5.41) is 0. The minimum Gasteiger partial charge on any atom is -0.207 e. The molecule has 0 atom stereocenters. The van der Waals surface area contributed by atoms with Crippen LogP contribution in [0.4, 0.5) is 4.39 Å². The predicted octanol–water partition coefficient (Wildman–Crippen LogP) is 3.09. The van der Waals surface area contributed by atoms with Gasteiger partial charge in [0.25, 0.3) is 0 Å². The first-order valence-electron chi connectivity index (χ1n) is 6.67. The topological polar surface area (TPSA) is 37.4 Å². The van der Waals surface area contributed by atoms with E-state index in [2.05, 4.69) is 0 Å². The normalized spacial score (nSPS) is 17.9. The summed E-state index contributed by atoms with van der Waals surface area (Å²) in [6, 6.07) is 4.04. The summed E-state index contributed by atoms with van der Waals surface area (Å²) in [4.78, 5) is 0.180. The second kappa shape index (κ2) is 5.59. The van der Waals surface area contributed by atoms with Gasteiger partial charge in [-0.05, 0) is 43.5 Å². The molecule has 0 aliphatic heterocycles. The molecule has 1 aromatic rings. The standard InChI is InChI=1S/C14H20FNO2S/c1-11-10-13(8-9-14(11)15)19(17,18)16(2)12-6-4-3-5-7-12/h8-10,12H,3-7H2,1-2H3. The molecule has 1 saturated carbocycles. The van der Waals surface area contributed by atoms with Crippen molar-refractivity contribution < 1.29 is 12.8 Å². The number of nitrogens with zero attached hydrogens (tertiary/aromatic N) is 1. The fraction of sp³-hybridized carbons (Fsp3) is 0.571. The van der Waals surface area contributed by atoms with Crippen molar-refractivity contribution in [2.45, 2.75) is 50.0 Å². The van der Waals surface area contributed by atoms with E-state index in [1.807, 2.05) is 0 Å². The first kappa shape index (κ1) is 14.5. The van der Waals surface area contributed by atoms with E-state index in [4.69, 9.17) is 0 Å². The van der Waals surface area contributed by atoms with Gasteiger partial charge in [-0.1, -0.05) is 19.3 Å². The fourth-order valence-electron chi connectivity index (χ4n) is 2.58. The molecule has 0 spiro atoms. The third-order valence-electron chi connectivity index (χ3n) is 3.90. The highest BCUT2D eigenvalue weighted by Crippen LogP contribution is 2.27. The van der Waals surface area contributed by atoms with Gasteiger partial charge in [0.15, 0.2) is 0 Å². The summed E-state index contributed by atoms with van der Waals surface area (Å²) in [5.41, 5.74) is 0.359. The van der Waals surface area contributed by atoms with Crippen LogP contribution in [0, 0.1) is 12.7 Å². The second-order valence-corrected chi connectivity index (χ2v) is 7.22. The Balaban J connectivity index is 2.27. The molecule has 0 heterocycles. The molecule has 106 valence electrons. The molecule has 2 rings (SSSR count). The van der Waals surface area contributed by atoms with Crippen molar-refractivity contribution in [3.05, 3.63) is 29.6 Å². The maximum absolute atomic E-state index is 13.2. The first-order valence-corrected chi connectivity index (χ1v) is 8.11. The van der Waals surface area contributed by atoms with E-state index in [9.17, 15) is 12.8 Å². The molecule has 1 fully saturated rings. The molecule has 0 saturated heterocycles. The van der Waals surface area contributed by atoms with E-state index in [0.717, 1.165) is 25.7 Å². The molecule has 1 aromatic carbocycles. The Hall–Kier alpha value is -0.940. The van der Waals surface area contributed by atoms with Crippen LogP contribution in [0.5, 0.6) is 0 Å². The zero-order valence-electron chi connectivity index (χ0n) is 11.4. The van der Waals surface area contributed by atoms with Gasteiger partial charge < -0.3 is 0 Å². The summed E-state index contributed by atoms with van der Waals surface area (Å²) >= 11 is 0. The highest BCUT2D eigenvalue weighted by atomic mass is 32.2. The molecular weight excluding hydrogens is 265 g/mol. The summed E-state index contributed by atoms with van der Waals surface area (Å²) in [6.45, 7) is 1.58. The molecular formula is C14H20FNO2S. The summed E-state index contributed by atoms with van der Waals surface area (Å²) < 4.78 is 39.7. The third kappa shape index (κ3) is 2.98. The number of sulfonamides is 1. The monoisotopic (exact) mass is 285 g/mol. The van der Waals surface area contributed by atoms with Crippen molar-refractivity contribution in [1.29, 1.82) is 0 Å². The van der Waals surface area contributed by atoms with Crippen molar-refractivity contribution in [2.24, 2.45) is 0 Å². The first-order chi connectivity index (χ1) is 8.93. The molecule has 0 unspecified atom stereocenters. The lowest BCUT2D eigenvalue weighted by Gasteiger charge is -2.30. The van der Waals surface area contributed by atoms with Gasteiger partial charge in [0.1, 0.15) is 5.82 Å². The van der Waals surface area contributed by atoms with Crippen molar-refractivity contribution in [1.82, 2.24) is 4.31 Å². The Morgan fingerprint density at radius 1 is 1.21 bits per heavy atom. The lowest BCUT2D eigenvalue weighted by atomic mass is 9.96. The number of aryl methyl sites for hydroxylation is 1. The SMILES string of the molecule is Cc1cc(S(=O)(=O)N(C)C2CCCCC2)ccc1F. The van der Waals surface area contributed by atoms with Crippen LogP contribution in [0.25, 0.3) is 0 Å². The van der Waals surface area contributed by atoms with Gasteiger partial charge in [-0.15, -0.1) is 0 Å². The van der Waals surface area contributed by atoms with E-state index in [-0.39, 0.29) is 16.8 Å². The fourth-order valence-corrected chi connectivity index (χ4v) is 4.09. The van der Waals surface area contributed by atoms with E-state index in [0.29, 0.717) is 5.56 Å². The van der Waals surface area contributed by atoms with Gasteiger partial charge in [-0.2, -0.15) is 4.31 Å². The van der Waals surface area contributed by atoms with Crippen LogP contribution in [0.15, 0.2) is 23.1 Å². The maximum atomic E-state index is 13.2. The Labute approximate surface area is 114 Å². The molecule has 1 aliphatic rings. The van der Waals surface area contributed by atoms with Gasteiger partial charge in [-0.3, -0.25) is 0 Å². The van der Waals surface area contributed by atoms with Crippen LogP contribution < -0.4 is 0 Å². The van der Waals surface area contributed by atoms with Crippen molar-refractivity contribution in [2.75, 3.05) is 7.05 Å². The van der Waals surface area contributed by atoms with Gasteiger partial charge in [0.2, 0.25) is 10.0 Å². The highest BCUT2D eigenvalue weighted by Gasteiger charge is 2.29. The lowest BCUT2D eigenvalue weighted by molar-refractivity contribution is 0.286. The van der Waals surface area contributed by atoms with Crippen molar-refractivity contribution in [3.8, 4) is 0 Å². The molecule has 0 N–H and O–H groups in total. The minimum atomic E-state index is -3.51. The zero-order chi connectivity index (χ0) is 14.0. The van der Waals surface area contributed by atoms with Crippen LogP contribution in [0.2, 0.25) is 0 Å². The van der Waals surface area contributed by atoms with E-state index in [1.54, 1.807) is 14.0 Å². The maximum Gasteiger partial charge on any atom is 0.243 e. The Kier molecular flexibility index (Phi) is 4.26. The molecule has 0 radical (unpaired) electrons. The molecule has 0 bridgehead atoms. The predicted molar refractivity (Wildman–Crippen MR) is 73.0 cm³/mol. The van der Waals surface area contributed by atoms with Gasteiger partial charge in [-0.25, -0.2) is 12.8 Å². The van der Waals surface area contributed by atoms with E-state index in [1.165, 1.54) is 28.9 Å². The third-order valence-corrected chi connectivity index (χ3v) is 5.80. The smallest absolute Gasteiger partial charge is 0.207 e. The Bertz CT molecular complexity index is 551. The molecule has 3 nitrogen and oxygen atoms in total.